The van der Waals surface area contributed by atoms with E-state index in [-0.39, 0.29) is 12.4 Å². The molecule has 0 saturated carbocycles. The summed E-state index contributed by atoms with van der Waals surface area (Å²) in [4.78, 5) is 3.19. The topological polar surface area (TPSA) is 46.7 Å². The Morgan fingerprint density at radius 2 is 2.00 bits per heavy atom. The number of nitrogens with one attached hydrogen (secondary N) is 1. The number of benzene rings is 1. The zero-order valence-corrected chi connectivity index (χ0v) is 10.7. The third-order valence-electron chi connectivity index (χ3n) is 2.31. The van der Waals surface area contributed by atoms with Gasteiger partial charge < -0.3 is 17.6 Å². The molecule has 1 aromatic heterocycles. The van der Waals surface area contributed by atoms with Crippen LogP contribution in [-0.2, 0) is 12.8 Å². The molecule has 0 aliphatic carbocycles. The van der Waals surface area contributed by atoms with E-state index in [0.29, 0.717) is 0 Å². The molecular weight excluding hydrogens is 256 g/mol. The van der Waals surface area contributed by atoms with Gasteiger partial charge in [-0.05, 0) is 12.0 Å². The Labute approximate surface area is 110 Å². The summed E-state index contributed by atoms with van der Waals surface area (Å²) in [7, 11) is 0. The van der Waals surface area contributed by atoms with E-state index in [1.54, 1.807) is 11.3 Å². The van der Waals surface area contributed by atoms with Gasteiger partial charge in [-0.1, -0.05) is 46.8 Å². The van der Waals surface area contributed by atoms with Gasteiger partial charge in [0.1, 0.15) is 6.21 Å². The molecule has 0 spiro atoms. The second-order valence-electron chi connectivity index (χ2n) is 3.48. The molecule has 2 rings (SSSR count). The molecule has 17 heavy (non-hydrogen) atoms. The van der Waals surface area contributed by atoms with Crippen molar-refractivity contribution < 1.29 is 22.6 Å². The van der Waals surface area contributed by atoms with Crippen LogP contribution in [0.5, 0.6) is 0 Å². The fourth-order valence-corrected chi connectivity index (χ4v) is 2.26. The zero-order valence-electron chi connectivity index (χ0n) is 9.14. The van der Waals surface area contributed by atoms with Crippen LogP contribution in [0, 0.1) is 0 Å². The van der Waals surface area contributed by atoms with Crippen LogP contribution in [0.1, 0.15) is 16.3 Å². The van der Waals surface area contributed by atoms with E-state index in [4.69, 9.17) is 5.21 Å². The normalized spacial score (nSPS) is 10.4. The van der Waals surface area contributed by atoms with Crippen molar-refractivity contribution >= 4 is 17.6 Å². The fraction of sp³-hybridized carbons (Fsp3) is 0.167. The Morgan fingerprint density at radius 3 is 2.71 bits per heavy atom. The van der Waals surface area contributed by atoms with E-state index in [1.807, 2.05) is 6.07 Å². The lowest BCUT2D eigenvalue weighted by atomic mass is 10.1. The van der Waals surface area contributed by atoms with Crippen LogP contribution in [0.15, 0.2) is 40.9 Å². The quantitative estimate of drug-likeness (QED) is 0.439. The molecule has 3 nitrogen and oxygen atoms in total. The van der Waals surface area contributed by atoms with Gasteiger partial charge in [0.25, 0.3) is 5.01 Å². The first kappa shape index (κ1) is 13.7. The number of aromatic nitrogens is 1. The van der Waals surface area contributed by atoms with Gasteiger partial charge in [0.05, 0.1) is 5.38 Å². The van der Waals surface area contributed by atoms with Gasteiger partial charge in [-0.2, -0.15) is 4.98 Å². The van der Waals surface area contributed by atoms with Crippen molar-refractivity contribution in [2.45, 2.75) is 12.8 Å². The highest BCUT2D eigenvalue weighted by molar-refractivity contribution is 7.11. The summed E-state index contributed by atoms with van der Waals surface area (Å²) in [6.45, 7) is 0. The van der Waals surface area contributed by atoms with Crippen LogP contribution in [-0.4, -0.2) is 11.4 Å². The van der Waals surface area contributed by atoms with Crippen molar-refractivity contribution in [2.24, 2.45) is 5.16 Å². The maximum absolute atomic E-state index is 8.39. The Kier molecular flexibility index (Phi) is 5.66. The monoisotopic (exact) mass is 268 g/mol. The lowest BCUT2D eigenvalue weighted by Gasteiger charge is -1.95. The number of halogens is 1. The highest BCUT2D eigenvalue weighted by atomic mass is 35.5. The van der Waals surface area contributed by atoms with Crippen LogP contribution in [0.25, 0.3) is 0 Å². The number of hydrogen-bond donors (Lipinski definition) is 1. The predicted molar refractivity (Wildman–Crippen MR) is 64.1 cm³/mol. The summed E-state index contributed by atoms with van der Waals surface area (Å²) in [6, 6.07) is 10.4. The second-order valence-corrected chi connectivity index (χ2v) is 4.39. The molecule has 0 aliphatic rings. The molecule has 5 heteroatoms. The lowest BCUT2D eigenvalue weighted by molar-refractivity contribution is -0.384. The maximum Gasteiger partial charge on any atom is 0.282 e. The molecule has 0 amide bonds. The molecule has 2 N–H and O–H groups in total. The molecule has 90 valence electrons. The molecule has 0 saturated heterocycles. The average Bonchev–Trinajstić information content (AvgIpc) is 2.76. The van der Waals surface area contributed by atoms with E-state index >= 15 is 0 Å². The van der Waals surface area contributed by atoms with Crippen molar-refractivity contribution in [1.82, 2.24) is 0 Å². The van der Waals surface area contributed by atoms with Crippen molar-refractivity contribution in [3.05, 3.63) is 52.0 Å². The van der Waals surface area contributed by atoms with Gasteiger partial charge >= 0.3 is 0 Å². The molecule has 0 unspecified atom stereocenters. The van der Waals surface area contributed by atoms with Gasteiger partial charge in [-0.15, -0.1) is 0 Å². The number of H-pyrrole nitrogens is 1. The number of nitrogens with zero attached hydrogens (tertiary/aromatic N) is 1. The maximum atomic E-state index is 8.39. The minimum absolute atomic E-state index is 0. The van der Waals surface area contributed by atoms with E-state index in [9.17, 15) is 0 Å². The summed E-state index contributed by atoms with van der Waals surface area (Å²) < 4.78 is 0. The van der Waals surface area contributed by atoms with Crippen molar-refractivity contribution in [3.63, 3.8) is 0 Å². The first-order chi connectivity index (χ1) is 7.88. The minimum Gasteiger partial charge on any atom is -1.00 e. The number of aryl methyl sites for hydroxylation is 2. The highest BCUT2D eigenvalue weighted by Crippen LogP contribution is 2.07. The fourth-order valence-electron chi connectivity index (χ4n) is 1.51. The summed E-state index contributed by atoms with van der Waals surface area (Å²) >= 11 is 1.54. The van der Waals surface area contributed by atoms with Crippen LogP contribution in [0.3, 0.4) is 0 Å². The molecule has 2 aromatic rings. The van der Waals surface area contributed by atoms with Crippen molar-refractivity contribution in [1.29, 1.82) is 0 Å². The molecule has 1 heterocycles. The number of hydrogen-bond acceptors (Lipinski definition) is 3. The summed E-state index contributed by atoms with van der Waals surface area (Å²) in [6.07, 6.45) is 3.40. The lowest BCUT2D eigenvalue weighted by Crippen LogP contribution is -3.00. The summed E-state index contributed by atoms with van der Waals surface area (Å²) in [5.74, 6) is 0. The van der Waals surface area contributed by atoms with E-state index < -0.39 is 0 Å². The summed E-state index contributed by atoms with van der Waals surface area (Å²) in [5.41, 5.74) is 2.50. The highest BCUT2D eigenvalue weighted by Gasteiger charge is 2.07. The first-order valence-electron chi connectivity index (χ1n) is 5.09. The van der Waals surface area contributed by atoms with E-state index in [1.165, 1.54) is 17.5 Å². The molecule has 0 radical (unpaired) electrons. The van der Waals surface area contributed by atoms with Crippen molar-refractivity contribution in [2.75, 3.05) is 0 Å². The van der Waals surface area contributed by atoms with Gasteiger partial charge in [0.15, 0.2) is 5.69 Å². The van der Waals surface area contributed by atoms with E-state index in [2.05, 4.69) is 39.8 Å². The number of rotatable bonds is 4. The van der Waals surface area contributed by atoms with Gasteiger partial charge in [-0.3, -0.25) is 0 Å². The van der Waals surface area contributed by atoms with Gasteiger partial charge in [0, 0.05) is 6.42 Å². The molecule has 0 aliphatic heterocycles. The third kappa shape index (κ3) is 4.17. The number of thiazole rings is 1. The van der Waals surface area contributed by atoms with Gasteiger partial charge in [0.2, 0.25) is 0 Å². The van der Waals surface area contributed by atoms with Crippen LogP contribution >= 0.6 is 11.3 Å². The molecule has 0 fully saturated rings. The number of oxime groups is 1. The molecule has 0 atom stereocenters. The third-order valence-corrected chi connectivity index (χ3v) is 3.18. The predicted octanol–water partition coefficient (Wildman–Crippen LogP) is -0.841. The Bertz CT molecular complexity index is 470. The zero-order chi connectivity index (χ0) is 11.2. The average molecular weight is 269 g/mol. The standard InChI is InChI=1S/C12H12N2OS.ClH/c15-13-8-12-14-11(9-16-12)7-6-10-4-2-1-3-5-10;/h1-5,8-9,15H,6-7H2;1H. The molecular formula is C12H13ClN2OS. The van der Waals surface area contributed by atoms with Crippen LogP contribution in [0.2, 0.25) is 0 Å². The Hall–Kier alpha value is -1.39. The van der Waals surface area contributed by atoms with E-state index in [0.717, 1.165) is 17.8 Å². The largest absolute Gasteiger partial charge is 1.00 e. The van der Waals surface area contributed by atoms with Crippen molar-refractivity contribution in [3.8, 4) is 0 Å². The minimum atomic E-state index is 0. The number of aromatic amines is 1. The van der Waals surface area contributed by atoms with Crippen LogP contribution in [0.4, 0.5) is 0 Å². The SMILES string of the molecule is ON=Cc1[nH+]c(CCc2ccccc2)cs1.[Cl-]. The summed E-state index contributed by atoms with van der Waals surface area (Å²) in [5, 5.41) is 14.3. The molecule has 0 bridgehead atoms. The van der Waals surface area contributed by atoms with Crippen LogP contribution < -0.4 is 17.4 Å². The molecule has 1 aromatic carbocycles. The smallest absolute Gasteiger partial charge is 0.282 e. The Balaban J connectivity index is 0.00000144. The van der Waals surface area contributed by atoms with Gasteiger partial charge in [-0.25, -0.2) is 0 Å². The second kappa shape index (κ2) is 7.04. The first-order valence-corrected chi connectivity index (χ1v) is 5.97. The Morgan fingerprint density at radius 1 is 1.24 bits per heavy atom.